The number of methoxy groups -OCH3 is 1. The summed E-state index contributed by atoms with van der Waals surface area (Å²) in [5, 5.41) is 24.9. The fourth-order valence-electron chi connectivity index (χ4n) is 2.51. The maximum atomic E-state index is 12.4. The van der Waals surface area contributed by atoms with Crippen molar-refractivity contribution in [3.63, 3.8) is 0 Å². The number of carbonyl (C=O) groups is 2. The normalized spacial score (nSPS) is 20.0. The number of non-ortho nitro benzene ring substituents is 1. The quantitative estimate of drug-likeness (QED) is 0.631. The molecule has 0 radical (unpaired) electrons. The summed E-state index contributed by atoms with van der Waals surface area (Å²) in [6.07, 6.45) is 1.75. The fourth-order valence-corrected chi connectivity index (χ4v) is 2.77. The number of carboxylic acid groups (broad SMARTS) is 1. The third-order valence-electron chi connectivity index (χ3n) is 3.79. The molecule has 0 aliphatic heterocycles. The maximum Gasteiger partial charge on any atom is 0.273 e. The molecule has 1 aromatic carbocycles. The lowest BCUT2D eigenvalue weighted by molar-refractivity contribution is -0.384. The number of allylic oxidation sites excluding steroid dienone is 2. The summed E-state index contributed by atoms with van der Waals surface area (Å²) in [6, 6.07) is 3.70. The van der Waals surface area contributed by atoms with Crippen LogP contribution >= 0.6 is 11.6 Å². The lowest BCUT2D eigenvalue weighted by atomic mass is 9.82. The number of halogens is 1. The average Bonchev–Trinajstić information content (AvgIpc) is 2.54. The molecule has 0 fully saturated rings. The third kappa shape index (κ3) is 3.83. The van der Waals surface area contributed by atoms with Gasteiger partial charge in [-0.15, -0.1) is 0 Å². The summed E-state index contributed by atoms with van der Waals surface area (Å²) in [6.45, 7) is 0. The summed E-state index contributed by atoms with van der Waals surface area (Å²) in [5.41, 5.74) is 0.0111. The molecule has 1 N–H and O–H groups in total. The van der Waals surface area contributed by atoms with Crippen LogP contribution in [0.3, 0.4) is 0 Å². The van der Waals surface area contributed by atoms with Crippen LogP contribution in [-0.2, 0) is 9.59 Å². The van der Waals surface area contributed by atoms with E-state index in [4.69, 9.17) is 16.3 Å². The van der Waals surface area contributed by atoms with Crippen molar-refractivity contribution in [2.24, 2.45) is 11.8 Å². The zero-order valence-corrected chi connectivity index (χ0v) is 13.4. The first-order chi connectivity index (χ1) is 11.3. The number of aliphatic carboxylic acids is 1. The van der Waals surface area contributed by atoms with Gasteiger partial charge in [0.1, 0.15) is 5.75 Å². The Kier molecular flexibility index (Phi) is 5.40. The minimum atomic E-state index is -1.33. The molecule has 2 rings (SSSR count). The monoisotopic (exact) mass is 353 g/mol. The molecule has 0 bridgehead atoms. The molecular weight excluding hydrogens is 340 g/mol. The first-order valence-electron chi connectivity index (χ1n) is 7.02. The Morgan fingerprint density at radius 3 is 2.67 bits per heavy atom. The van der Waals surface area contributed by atoms with E-state index in [1.807, 2.05) is 0 Å². The van der Waals surface area contributed by atoms with E-state index >= 15 is 0 Å². The number of ether oxygens (including phenoxy) is 1. The largest absolute Gasteiger partial charge is 0.550 e. The standard InChI is InChI=1S/C15H15ClN2O6/c1-24-13-7-9(18(22)23)3-5-12(13)17-14(19)11-6-8(16)2-4-10(11)15(20)21/h2-3,5,7,10-11H,4,6H2,1H3,(H,17,19)(H,20,21)/p-1/t10-,11+/m0/s1. The number of rotatable bonds is 5. The van der Waals surface area contributed by atoms with Crippen LogP contribution < -0.4 is 15.2 Å². The van der Waals surface area contributed by atoms with E-state index in [1.165, 1.54) is 25.3 Å². The molecule has 8 nitrogen and oxygen atoms in total. The summed E-state index contributed by atoms with van der Waals surface area (Å²) >= 11 is 5.91. The number of hydrogen-bond donors (Lipinski definition) is 1. The van der Waals surface area contributed by atoms with Crippen molar-refractivity contribution in [1.82, 2.24) is 0 Å². The predicted molar refractivity (Wildman–Crippen MR) is 83.4 cm³/mol. The lowest BCUT2D eigenvalue weighted by Crippen LogP contribution is -2.42. The highest BCUT2D eigenvalue weighted by Crippen LogP contribution is 2.34. The van der Waals surface area contributed by atoms with E-state index in [1.54, 1.807) is 6.08 Å². The Balaban J connectivity index is 2.23. The van der Waals surface area contributed by atoms with E-state index in [2.05, 4.69) is 5.32 Å². The molecule has 9 heteroatoms. The van der Waals surface area contributed by atoms with Gasteiger partial charge in [-0.05, 0) is 18.9 Å². The van der Waals surface area contributed by atoms with Crippen LogP contribution in [0.25, 0.3) is 0 Å². The zero-order valence-electron chi connectivity index (χ0n) is 12.7. The van der Waals surface area contributed by atoms with Gasteiger partial charge in [0.05, 0.1) is 29.7 Å². The van der Waals surface area contributed by atoms with E-state index < -0.39 is 28.6 Å². The second-order valence-electron chi connectivity index (χ2n) is 5.25. The van der Waals surface area contributed by atoms with Gasteiger partial charge < -0.3 is 20.0 Å². The summed E-state index contributed by atoms with van der Waals surface area (Å²) in [7, 11) is 1.30. The molecule has 1 aliphatic rings. The molecule has 0 aromatic heterocycles. The number of hydrogen-bond acceptors (Lipinski definition) is 6. The maximum absolute atomic E-state index is 12.4. The van der Waals surface area contributed by atoms with Crippen molar-refractivity contribution < 1.29 is 24.4 Å². The SMILES string of the molecule is COc1cc([N+](=O)[O-])ccc1NC(=O)[C@@H]1CC(Cl)=CC[C@@H]1C(=O)[O-]. The average molecular weight is 354 g/mol. The zero-order chi connectivity index (χ0) is 17.9. The summed E-state index contributed by atoms with van der Waals surface area (Å²) in [5.74, 6) is -3.68. The lowest BCUT2D eigenvalue weighted by Gasteiger charge is -2.29. The van der Waals surface area contributed by atoms with Crippen LogP contribution in [0.1, 0.15) is 12.8 Å². The molecule has 1 aliphatic carbocycles. The van der Waals surface area contributed by atoms with Crippen molar-refractivity contribution in [2.75, 3.05) is 12.4 Å². The smallest absolute Gasteiger partial charge is 0.273 e. The summed E-state index contributed by atoms with van der Waals surface area (Å²) in [4.78, 5) is 33.8. The van der Waals surface area contributed by atoms with Gasteiger partial charge in [-0.25, -0.2) is 0 Å². The fraction of sp³-hybridized carbons (Fsp3) is 0.333. The van der Waals surface area contributed by atoms with Crippen LogP contribution in [0.2, 0.25) is 0 Å². The van der Waals surface area contributed by atoms with Gasteiger partial charge in [0.25, 0.3) is 5.69 Å². The second kappa shape index (κ2) is 7.31. The van der Waals surface area contributed by atoms with E-state index in [0.717, 1.165) is 0 Å². The van der Waals surface area contributed by atoms with E-state index in [9.17, 15) is 24.8 Å². The highest BCUT2D eigenvalue weighted by atomic mass is 35.5. The molecule has 0 spiro atoms. The molecule has 2 atom stereocenters. The van der Waals surface area contributed by atoms with Crippen molar-refractivity contribution in [3.8, 4) is 5.75 Å². The number of anilines is 1. The highest BCUT2D eigenvalue weighted by molar-refractivity contribution is 6.29. The third-order valence-corrected chi connectivity index (χ3v) is 4.10. The number of nitrogens with zero attached hydrogens (tertiary/aromatic N) is 1. The molecule has 1 aromatic rings. The van der Waals surface area contributed by atoms with Gasteiger partial charge in [-0.3, -0.25) is 14.9 Å². The Labute approximate surface area is 142 Å². The molecule has 24 heavy (non-hydrogen) atoms. The van der Waals surface area contributed by atoms with E-state index in [0.29, 0.717) is 5.03 Å². The van der Waals surface area contributed by atoms with Gasteiger partial charge in [-0.2, -0.15) is 0 Å². The van der Waals surface area contributed by atoms with Gasteiger partial charge in [0.2, 0.25) is 5.91 Å². The van der Waals surface area contributed by atoms with Gasteiger partial charge in [-0.1, -0.05) is 17.7 Å². The minimum Gasteiger partial charge on any atom is -0.550 e. The first-order valence-corrected chi connectivity index (χ1v) is 7.40. The number of nitro groups is 1. The van der Waals surface area contributed by atoms with Crippen LogP contribution in [0.4, 0.5) is 11.4 Å². The number of nitrogens with one attached hydrogen (secondary N) is 1. The molecule has 0 saturated heterocycles. The Morgan fingerprint density at radius 1 is 1.38 bits per heavy atom. The van der Waals surface area contributed by atoms with Gasteiger partial charge in [0, 0.05) is 23.0 Å². The number of carboxylic acids is 1. The highest BCUT2D eigenvalue weighted by Gasteiger charge is 2.32. The summed E-state index contributed by atoms with van der Waals surface area (Å²) < 4.78 is 5.03. The minimum absolute atomic E-state index is 0.0847. The van der Waals surface area contributed by atoms with Crippen molar-refractivity contribution >= 4 is 34.9 Å². The van der Waals surface area contributed by atoms with Crippen LogP contribution in [0.5, 0.6) is 5.75 Å². The number of nitro benzene ring substituents is 1. The molecular formula is C15H14ClN2O6-. The topological polar surface area (TPSA) is 122 Å². The molecule has 0 unspecified atom stereocenters. The Morgan fingerprint density at radius 2 is 2.08 bits per heavy atom. The first kappa shape index (κ1) is 17.7. The molecule has 0 saturated carbocycles. The van der Waals surface area contributed by atoms with Gasteiger partial charge in [0.15, 0.2) is 0 Å². The molecule has 1 amide bonds. The van der Waals surface area contributed by atoms with Crippen LogP contribution in [-0.4, -0.2) is 23.9 Å². The van der Waals surface area contributed by atoms with Gasteiger partial charge >= 0.3 is 0 Å². The molecule has 0 heterocycles. The number of carbonyl (C=O) groups excluding carboxylic acids is 2. The molecule has 128 valence electrons. The Hall–Kier alpha value is -2.61. The van der Waals surface area contributed by atoms with Crippen LogP contribution in [0, 0.1) is 22.0 Å². The van der Waals surface area contributed by atoms with E-state index in [-0.39, 0.29) is 30.0 Å². The predicted octanol–water partition coefficient (Wildman–Crippen LogP) is 1.44. The van der Waals surface area contributed by atoms with Crippen LogP contribution in [0.15, 0.2) is 29.3 Å². The number of benzene rings is 1. The van der Waals surface area contributed by atoms with Crippen molar-refractivity contribution in [2.45, 2.75) is 12.8 Å². The second-order valence-corrected chi connectivity index (χ2v) is 5.74. The van der Waals surface area contributed by atoms with Crippen molar-refractivity contribution in [3.05, 3.63) is 39.4 Å². The van der Waals surface area contributed by atoms with Crippen molar-refractivity contribution in [1.29, 1.82) is 0 Å². The Bertz CT molecular complexity index is 718. The number of amides is 1.